The first-order chi connectivity index (χ1) is 24.1. The zero-order valence-electron chi connectivity index (χ0n) is 29.7. The monoisotopic (exact) mass is 686 g/mol. The van der Waals surface area contributed by atoms with Gasteiger partial charge in [0.25, 0.3) is 0 Å². The lowest BCUT2D eigenvalue weighted by molar-refractivity contribution is -0.124. The van der Waals surface area contributed by atoms with E-state index >= 15 is 4.39 Å². The fraction of sp³-hybridized carbons (Fsp3) is 0.575. The molecule has 1 N–H and O–H groups in total. The van der Waals surface area contributed by atoms with Crippen molar-refractivity contribution in [3.05, 3.63) is 65.7 Å². The molecular formula is C40H51FN4O5. The van der Waals surface area contributed by atoms with Gasteiger partial charge in [-0.3, -0.25) is 9.48 Å². The Kier molecular flexibility index (Phi) is 9.67. The first-order valence-electron chi connectivity index (χ1n) is 18.5. The van der Waals surface area contributed by atoms with Crippen molar-refractivity contribution in [1.29, 1.82) is 0 Å². The van der Waals surface area contributed by atoms with Gasteiger partial charge in [-0.2, -0.15) is 5.10 Å². The molecule has 8 rings (SSSR count). The number of benzene rings is 2. The van der Waals surface area contributed by atoms with Gasteiger partial charge in [-0.15, -0.1) is 0 Å². The number of nitrogens with zero attached hydrogens (tertiary/aromatic N) is 4. The van der Waals surface area contributed by atoms with Crippen LogP contribution in [0.5, 0.6) is 5.75 Å². The van der Waals surface area contributed by atoms with Crippen LogP contribution in [0.4, 0.5) is 14.9 Å². The maximum atomic E-state index is 16.8. The number of amides is 2. The zero-order valence-corrected chi connectivity index (χ0v) is 29.7. The summed E-state index contributed by atoms with van der Waals surface area (Å²) in [7, 11) is 1.72. The summed E-state index contributed by atoms with van der Waals surface area (Å²) in [5, 5.41) is 13.9. The summed E-state index contributed by atoms with van der Waals surface area (Å²) in [4.78, 5) is 29.9. The SMILES string of the molecule is COc1ccc(C23CCC(CN(C(=O)C4CCCCC4)c4cccc(-c5cnn(C(C)COC(=O)N6CC(O)C6)c5)c4F)(CC2)CC3)cc1C. The number of aryl methyl sites for hydroxylation is 1. The Morgan fingerprint density at radius 1 is 1.06 bits per heavy atom. The lowest BCUT2D eigenvalue weighted by Gasteiger charge is -2.55. The lowest BCUT2D eigenvalue weighted by atomic mass is 9.51. The average molecular weight is 687 g/mol. The zero-order chi connectivity index (χ0) is 35.0. The van der Waals surface area contributed by atoms with Crippen molar-refractivity contribution in [2.75, 3.05) is 38.3 Å². The molecule has 1 aromatic heterocycles. The number of halogens is 1. The number of likely N-dealkylation sites (tertiary alicyclic amines) is 1. The second-order valence-electron chi connectivity index (χ2n) is 15.6. The van der Waals surface area contributed by atoms with E-state index in [0.29, 0.717) is 23.4 Å². The minimum atomic E-state index is -0.493. The maximum absolute atomic E-state index is 16.8. The molecule has 4 saturated carbocycles. The van der Waals surface area contributed by atoms with Crippen molar-refractivity contribution in [2.45, 2.75) is 102 Å². The van der Waals surface area contributed by atoms with E-state index in [1.54, 1.807) is 36.3 Å². The van der Waals surface area contributed by atoms with Crippen LogP contribution in [0.1, 0.15) is 94.7 Å². The van der Waals surface area contributed by atoms with Crippen molar-refractivity contribution in [2.24, 2.45) is 11.3 Å². The van der Waals surface area contributed by atoms with Crippen LogP contribution in [0, 0.1) is 24.1 Å². The van der Waals surface area contributed by atoms with E-state index < -0.39 is 18.0 Å². The number of aliphatic hydroxyl groups excluding tert-OH is 1. The molecule has 5 fully saturated rings. The summed E-state index contributed by atoms with van der Waals surface area (Å²) in [6.07, 6.45) is 13.6. The molecule has 2 aromatic carbocycles. The summed E-state index contributed by atoms with van der Waals surface area (Å²) < 4.78 is 29.4. The van der Waals surface area contributed by atoms with E-state index in [2.05, 4.69) is 30.2 Å². The highest BCUT2D eigenvalue weighted by Gasteiger charge is 2.51. The number of fused-ring (bicyclic) bond motifs is 3. The molecule has 268 valence electrons. The van der Waals surface area contributed by atoms with E-state index in [0.717, 1.165) is 81.9 Å². The van der Waals surface area contributed by atoms with Crippen LogP contribution in [0.2, 0.25) is 0 Å². The number of hydrogen-bond donors (Lipinski definition) is 1. The number of rotatable bonds is 10. The van der Waals surface area contributed by atoms with Crippen LogP contribution >= 0.6 is 0 Å². The summed E-state index contributed by atoms with van der Waals surface area (Å²) in [6.45, 7) is 5.18. The highest BCUT2D eigenvalue weighted by molar-refractivity contribution is 5.96. The standard InChI is InChI=1S/C40H51FN4O5/c1-27-20-31(12-13-35(27)49-3)40-17-14-39(15-18-40,16-19-40)26-44(37(47)29-8-5-4-6-9-29)34-11-7-10-33(36(34)41)30-21-42-45(22-30)28(2)25-50-38(48)43-23-32(46)24-43/h7,10-13,20-22,28-29,32,46H,4-6,8-9,14-19,23-26H2,1-3H3. The fourth-order valence-corrected chi connectivity index (χ4v) is 8.96. The number of ether oxygens (including phenoxy) is 2. The molecule has 9 nitrogen and oxygen atoms in total. The highest BCUT2D eigenvalue weighted by atomic mass is 19.1. The number of anilines is 1. The predicted molar refractivity (Wildman–Crippen MR) is 190 cm³/mol. The molecule has 3 aromatic rings. The molecule has 4 aliphatic carbocycles. The second kappa shape index (κ2) is 14.0. The quantitative estimate of drug-likeness (QED) is 0.236. The molecule has 0 radical (unpaired) electrons. The van der Waals surface area contributed by atoms with Crippen molar-refractivity contribution in [3.8, 4) is 16.9 Å². The number of aromatic nitrogens is 2. The van der Waals surface area contributed by atoms with E-state index in [-0.39, 0.29) is 48.4 Å². The highest BCUT2D eigenvalue weighted by Crippen LogP contribution is 2.58. The van der Waals surface area contributed by atoms with Crippen LogP contribution in [0.15, 0.2) is 48.8 Å². The Morgan fingerprint density at radius 2 is 1.78 bits per heavy atom. The first kappa shape index (κ1) is 34.5. The minimum absolute atomic E-state index is 0.0398. The van der Waals surface area contributed by atoms with E-state index in [1.165, 1.54) is 10.5 Å². The Hall–Kier alpha value is -3.92. The molecule has 10 heteroatoms. The van der Waals surface area contributed by atoms with Crippen molar-refractivity contribution < 1.29 is 28.6 Å². The van der Waals surface area contributed by atoms with E-state index in [9.17, 15) is 14.7 Å². The predicted octanol–water partition coefficient (Wildman–Crippen LogP) is 7.59. The maximum Gasteiger partial charge on any atom is 0.410 e. The summed E-state index contributed by atoms with van der Waals surface area (Å²) in [6, 6.07) is 11.7. The normalized spacial score (nSPS) is 24.5. The van der Waals surface area contributed by atoms with Crippen molar-refractivity contribution in [3.63, 3.8) is 0 Å². The van der Waals surface area contributed by atoms with Crippen LogP contribution < -0.4 is 9.64 Å². The first-order valence-corrected chi connectivity index (χ1v) is 18.5. The molecule has 1 aliphatic heterocycles. The van der Waals surface area contributed by atoms with Gasteiger partial charge in [0.2, 0.25) is 5.91 Å². The third-order valence-corrected chi connectivity index (χ3v) is 12.3. The van der Waals surface area contributed by atoms with E-state index in [1.807, 2.05) is 17.9 Å². The topological polar surface area (TPSA) is 97.1 Å². The fourth-order valence-electron chi connectivity index (χ4n) is 8.96. The number of carbonyl (C=O) groups excluding carboxylic acids is 2. The van der Waals surface area contributed by atoms with Crippen LogP contribution in [-0.4, -0.2) is 71.2 Å². The van der Waals surface area contributed by atoms with Gasteiger partial charge >= 0.3 is 6.09 Å². The number of methoxy groups -OCH3 is 1. The molecule has 0 spiro atoms. The largest absolute Gasteiger partial charge is 0.496 e. The molecule has 5 aliphatic rings. The molecule has 1 atom stereocenters. The van der Waals surface area contributed by atoms with Gasteiger partial charge in [-0.1, -0.05) is 43.5 Å². The summed E-state index contributed by atoms with van der Waals surface area (Å²) in [5.74, 6) is 0.490. The van der Waals surface area contributed by atoms with Gasteiger partial charge < -0.3 is 24.4 Å². The van der Waals surface area contributed by atoms with Gasteiger partial charge in [-0.25, -0.2) is 9.18 Å². The molecule has 50 heavy (non-hydrogen) atoms. The smallest absolute Gasteiger partial charge is 0.410 e. The third-order valence-electron chi connectivity index (χ3n) is 12.3. The van der Waals surface area contributed by atoms with Gasteiger partial charge in [0.1, 0.15) is 12.4 Å². The van der Waals surface area contributed by atoms with Crippen LogP contribution in [-0.2, 0) is 14.9 Å². The average Bonchev–Trinajstić information content (AvgIpc) is 3.63. The van der Waals surface area contributed by atoms with Gasteiger partial charge in [0.05, 0.1) is 44.2 Å². The molecule has 1 unspecified atom stereocenters. The lowest BCUT2D eigenvalue weighted by Crippen LogP contribution is -2.53. The molecule has 1 saturated heterocycles. The Balaban J connectivity index is 1.11. The van der Waals surface area contributed by atoms with E-state index in [4.69, 9.17) is 9.47 Å². The summed E-state index contributed by atoms with van der Waals surface area (Å²) in [5.41, 5.74) is 4.01. The number of aliphatic hydroxyl groups is 1. The van der Waals surface area contributed by atoms with Gasteiger partial charge in [0, 0.05) is 29.8 Å². The van der Waals surface area contributed by atoms with Gasteiger partial charge in [-0.05, 0) is 99.3 Å². The molecule has 2 heterocycles. The van der Waals surface area contributed by atoms with Crippen LogP contribution in [0.3, 0.4) is 0 Å². The Bertz CT molecular complexity index is 1690. The molecular weight excluding hydrogens is 635 g/mol. The number of carbonyl (C=O) groups is 2. The minimum Gasteiger partial charge on any atom is -0.496 e. The molecule has 2 bridgehead atoms. The Morgan fingerprint density at radius 3 is 2.44 bits per heavy atom. The Labute approximate surface area is 294 Å². The van der Waals surface area contributed by atoms with Crippen LogP contribution in [0.25, 0.3) is 11.1 Å². The second-order valence-corrected chi connectivity index (χ2v) is 15.6. The van der Waals surface area contributed by atoms with Crippen molar-refractivity contribution in [1.82, 2.24) is 14.7 Å². The summed E-state index contributed by atoms with van der Waals surface area (Å²) >= 11 is 0. The third kappa shape index (κ3) is 6.63. The van der Waals surface area contributed by atoms with Gasteiger partial charge in [0.15, 0.2) is 5.82 Å². The van der Waals surface area contributed by atoms with Crippen molar-refractivity contribution >= 4 is 17.7 Å². The molecule has 2 amide bonds. The number of β-amino-alcohol motifs (C(OH)–C–C–N with tert-alkyl or cyclic N) is 1. The number of hydrogen-bond acceptors (Lipinski definition) is 6.